The van der Waals surface area contributed by atoms with Crippen LogP contribution in [-0.2, 0) is 6.54 Å². The van der Waals surface area contributed by atoms with Crippen molar-refractivity contribution in [1.29, 1.82) is 0 Å². The molecule has 5 heteroatoms. The smallest absolute Gasteiger partial charge is 0.248 e. The van der Waals surface area contributed by atoms with Gasteiger partial charge in [0.05, 0.1) is 6.10 Å². The number of aliphatic hydroxyl groups excluding tert-OH is 1. The lowest BCUT2D eigenvalue weighted by atomic mass is 10.1. The molecule has 19 heavy (non-hydrogen) atoms. The molecule has 1 amide bonds. The highest BCUT2D eigenvalue weighted by atomic mass is 19.1. The molecule has 0 aromatic heterocycles. The molecule has 4 nitrogen and oxygen atoms in total. The van der Waals surface area contributed by atoms with E-state index in [9.17, 15) is 14.3 Å². The highest BCUT2D eigenvalue weighted by Crippen LogP contribution is 2.10. The van der Waals surface area contributed by atoms with Crippen molar-refractivity contribution in [2.45, 2.75) is 32.9 Å². The van der Waals surface area contributed by atoms with Crippen molar-refractivity contribution in [3.8, 4) is 0 Å². The van der Waals surface area contributed by atoms with Crippen molar-refractivity contribution in [1.82, 2.24) is 5.32 Å². The molecule has 4 N–H and O–H groups in total. The topological polar surface area (TPSA) is 75.3 Å². The molecule has 1 rings (SSSR count). The van der Waals surface area contributed by atoms with Crippen LogP contribution in [0.4, 0.5) is 4.39 Å². The Morgan fingerprint density at radius 2 is 2.16 bits per heavy atom. The largest absolute Gasteiger partial charge is 0.392 e. The zero-order chi connectivity index (χ0) is 14.4. The molecule has 1 atom stereocenters. The maximum absolute atomic E-state index is 13.5. The summed E-state index contributed by atoms with van der Waals surface area (Å²) in [5.41, 5.74) is 5.79. The van der Waals surface area contributed by atoms with E-state index in [0.717, 1.165) is 0 Å². The van der Waals surface area contributed by atoms with Gasteiger partial charge in [-0.3, -0.25) is 4.79 Å². The van der Waals surface area contributed by atoms with E-state index in [2.05, 4.69) is 5.32 Å². The fourth-order valence-electron chi connectivity index (χ4n) is 1.86. The van der Waals surface area contributed by atoms with Crippen LogP contribution < -0.4 is 11.1 Å². The summed E-state index contributed by atoms with van der Waals surface area (Å²) in [5.74, 6) is -0.566. The fraction of sp³-hybridized carbons (Fsp3) is 0.500. The van der Waals surface area contributed by atoms with E-state index < -0.39 is 17.8 Å². The van der Waals surface area contributed by atoms with Gasteiger partial charge in [-0.05, 0) is 30.5 Å². The van der Waals surface area contributed by atoms with Gasteiger partial charge in [-0.25, -0.2) is 4.39 Å². The van der Waals surface area contributed by atoms with Crippen LogP contribution in [0.5, 0.6) is 0 Å². The Bertz CT molecular complexity index is 435. The molecule has 1 aromatic carbocycles. The van der Waals surface area contributed by atoms with E-state index in [0.29, 0.717) is 24.4 Å². The molecule has 0 spiro atoms. The average molecular weight is 268 g/mol. The van der Waals surface area contributed by atoms with Crippen molar-refractivity contribution in [2.75, 3.05) is 6.54 Å². The van der Waals surface area contributed by atoms with Gasteiger partial charge in [0.15, 0.2) is 0 Å². The molecule has 0 saturated heterocycles. The number of halogens is 1. The first kappa shape index (κ1) is 15.6. The first-order valence-electron chi connectivity index (χ1n) is 6.37. The van der Waals surface area contributed by atoms with Gasteiger partial charge in [-0.2, -0.15) is 0 Å². The zero-order valence-electron chi connectivity index (χ0n) is 11.3. The monoisotopic (exact) mass is 268 g/mol. The predicted molar refractivity (Wildman–Crippen MR) is 72.1 cm³/mol. The Balaban J connectivity index is 2.53. The van der Waals surface area contributed by atoms with Gasteiger partial charge in [-0.1, -0.05) is 13.8 Å². The summed E-state index contributed by atoms with van der Waals surface area (Å²) in [6.45, 7) is 4.69. The van der Waals surface area contributed by atoms with E-state index in [1.165, 1.54) is 18.2 Å². The number of nitrogens with one attached hydrogen (secondary N) is 1. The van der Waals surface area contributed by atoms with Crippen molar-refractivity contribution >= 4 is 5.91 Å². The molecule has 0 heterocycles. The predicted octanol–water partition coefficient (Wildman–Crippen LogP) is 1.42. The first-order chi connectivity index (χ1) is 8.90. The number of aliphatic hydroxyl groups is 1. The van der Waals surface area contributed by atoms with Crippen molar-refractivity contribution < 1.29 is 14.3 Å². The number of carbonyl (C=O) groups excluding carboxylic acids is 1. The number of primary amides is 1. The summed E-state index contributed by atoms with van der Waals surface area (Å²) in [6, 6.07) is 4.01. The second kappa shape index (κ2) is 7.21. The second-order valence-corrected chi connectivity index (χ2v) is 5.08. The summed E-state index contributed by atoms with van der Waals surface area (Å²) in [5, 5.41) is 12.7. The molecule has 0 saturated carbocycles. The third kappa shape index (κ3) is 5.36. The third-order valence-electron chi connectivity index (χ3n) is 2.77. The van der Waals surface area contributed by atoms with Crippen molar-refractivity contribution in [3.63, 3.8) is 0 Å². The number of carbonyl (C=O) groups is 1. The molecule has 0 fully saturated rings. The van der Waals surface area contributed by atoms with E-state index >= 15 is 0 Å². The van der Waals surface area contributed by atoms with E-state index in [1.807, 2.05) is 13.8 Å². The summed E-state index contributed by atoms with van der Waals surface area (Å²) < 4.78 is 13.5. The number of rotatable bonds is 7. The van der Waals surface area contributed by atoms with E-state index in [1.54, 1.807) is 0 Å². The maximum Gasteiger partial charge on any atom is 0.248 e. The zero-order valence-corrected chi connectivity index (χ0v) is 11.3. The van der Waals surface area contributed by atoms with Gasteiger partial charge in [0.2, 0.25) is 5.91 Å². The summed E-state index contributed by atoms with van der Waals surface area (Å²) in [4.78, 5) is 11.0. The number of benzene rings is 1. The number of nitrogens with two attached hydrogens (primary N) is 1. The maximum atomic E-state index is 13.5. The molecule has 106 valence electrons. The van der Waals surface area contributed by atoms with Crippen LogP contribution in [0, 0.1) is 11.7 Å². The standard InChI is InChI=1S/C14H21FN2O2/c1-9(2)5-12(18)8-17-7-11-6-10(14(16)19)3-4-13(11)15/h3-4,6,9,12,17-18H,5,7-8H2,1-2H3,(H2,16,19). The Morgan fingerprint density at radius 1 is 1.47 bits per heavy atom. The lowest BCUT2D eigenvalue weighted by molar-refractivity contribution is 0.1000. The van der Waals surface area contributed by atoms with Crippen LogP contribution in [0.2, 0.25) is 0 Å². The number of hydrogen-bond acceptors (Lipinski definition) is 3. The molecule has 0 aliphatic heterocycles. The second-order valence-electron chi connectivity index (χ2n) is 5.08. The molecular weight excluding hydrogens is 247 g/mol. The highest BCUT2D eigenvalue weighted by Gasteiger charge is 2.09. The molecule has 0 radical (unpaired) electrons. The lowest BCUT2D eigenvalue weighted by Gasteiger charge is -2.14. The summed E-state index contributed by atoms with van der Waals surface area (Å²) in [6.07, 6.45) is 0.235. The van der Waals surface area contributed by atoms with Crippen LogP contribution in [0.3, 0.4) is 0 Å². The van der Waals surface area contributed by atoms with Gasteiger partial charge >= 0.3 is 0 Å². The lowest BCUT2D eigenvalue weighted by Crippen LogP contribution is -2.28. The molecule has 0 aliphatic carbocycles. The van der Waals surface area contributed by atoms with Crippen molar-refractivity contribution in [3.05, 3.63) is 35.1 Å². The Hall–Kier alpha value is -1.46. The minimum Gasteiger partial charge on any atom is -0.392 e. The third-order valence-corrected chi connectivity index (χ3v) is 2.77. The normalized spacial score (nSPS) is 12.7. The van der Waals surface area contributed by atoms with Crippen molar-refractivity contribution in [2.24, 2.45) is 11.7 Å². The van der Waals surface area contributed by atoms with Gasteiger partial charge in [0, 0.05) is 24.2 Å². The van der Waals surface area contributed by atoms with Crippen LogP contribution in [0.25, 0.3) is 0 Å². The molecule has 1 unspecified atom stereocenters. The quantitative estimate of drug-likeness (QED) is 0.700. The summed E-state index contributed by atoms with van der Waals surface area (Å²) >= 11 is 0. The molecule has 0 aliphatic rings. The highest BCUT2D eigenvalue weighted by molar-refractivity contribution is 5.92. The van der Waals surface area contributed by atoms with Crippen LogP contribution in [0.1, 0.15) is 36.2 Å². The Labute approximate surface area is 112 Å². The van der Waals surface area contributed by atoms with Gasteiger partial charge in [-0.15, -0.1) is 0 Å². The Morgan fingerprint density at radius 3 is 2.74 bits per heavy atom. The minimum atomic E-state index is -0.582. The summed E-state index contributed by atoms with van der Waals surface area (Å²) in [7, 11) is 0. The average Bonchev–Trinajstić information content (AvgIpc) is 2.30. The van der Waals surface area contributed by atoms with Gasteiger partial charge in [0.1, 0.15) is 5.82 Å². The minimum absolute atomic E-state index is 0.252. The van der Waals surface area contributed by atoms with Gasteiger partial charge in [0.25, 0.3) is 0 Å². The van der Waals surface area contributed by atoms with Crippen LogP contribution in [0.15, 0.2) is 18.2 Å². The first-order valence-corrected chi connectivity index (χ1v) is 6.37. The fourth-order valence-corrected chi connectivity index (χ4v) is 1.86. The molecule has 0 bridgehead atoms. The van der Waals surface area contributed by atoms with E-state index in [-0.39, 0.29) is 12.1 Å². The SMILES string of the molecule is CC(C)CC(O)CNCc1cc(C(N)=O)ccc1F. The molecular formula is C14H21FN2O2. The Kier molecular flexibility index (Phi) is 5.92. The van der Waals surface area contributed by atoms with Gasteiger partial charge < -0.3 is 16.2 Å². The van der Waals surface area contributed by atoms with Crippen LogP contribution >= 0.6 is 0 Å². The van der Waals surface area contributed by atoms with Crippen LogP contribution in [-0.4, -0.2) is 23.7 Å². The molecule has 1 aromatic rings. The van der Waals surface area contributed by atoms with E-state index in [4.69, 9.17) is 5.73 Å². The number of amides is 1. The number of hydrogen-bond donors (Lipinski definition) is 3.